The lowest BCUT2D eigenvalue weighted by Crippen LogP contribution is -2.28. The number of nitrogens with one attached hydrogen (secondary N) is 1. The summed E-state index contributed by atoms with van der Waals surface area (Å²) in [5.41, 5.74) is 0. The summed E-state index contributed by atoms with van der Waals surface area (Å²) in [7, 11) is 0. The zero-order valence-electron chi connectivity index (χ0n) is 4.89. The smallest absolute Gasteiger partial charge is 0.117 e. The van der Waals surface area contributed by atoms with Gasteiger partial charge in [-0.3, -0.25) is 0 Å². The van der Waals surface area contributed by atoms with Crippen molar-refractivity contribution in [1.29, 1.82) is 0 Å². The highest BCUT2D eigenvalue weighted by Gasteiger charge is 2.01. The molecule has 1 aliphatic rings. The first-order valence-electron chi connectivity index (χ1n) is 2.56. The molecule has 1 heterocycles. The van der Waals surface area contributed by atoms with E-state index in [1.165, 1.54) is 0 Å². The molecule has 0 atom stereocenters. The molecule has 0 aliphatic carbocycles. The molecule has 1 fully saturated rings. The largest absolute Gasteiger partial charge is 0.495 e. The lowest BCUT2D eigenvalue weighted by molar-refractivity contribution is 0.179. The van der Waals surface area contributed by atoms with Crippen LogP contribution in [0.3, 0.4) is 0 Å². The van der Waals surface area contributed by atoms with Crippen molar-refractivity contribution in [3.63, 3.8) is 0 Å². The molecule has 1 aliphatic heterocycles. The number of hydrogen-bond donors (Lipinski definition) is 1. The molecule has 0 bridgehead atoms. The van der Waals surface area contributed by atoms with E-state index in [-0.39, 0.29) is 17.0 Å². The van der Waals surface area contributed by atoms with E-state index in [1.807, 2.05) is 0 Å². The first-order valence-corrected chi connectivity index (χ1v) is 3.48. The van der Waals surface area contributed by atoms with Gasteiger partial charge in [0, 0.05) is 11.5 Å². The van der Waals surface area contributed by atoms with Crippen LogP contribution in [-0.2, 0) is 4.74 Å². The van der Waals surface area contributed by atoms with Crippen LogP contribution < -0.4 is 5.32 Å². The van der Waals surface area contributed by atoms with Crippen LogP contribution in [0, 0.1) is 0 Å². The molecule has 0 saturated carbocycles. The van der Waals surface area contributed by atoms with Gasteiger partial charge in [0.15, 0.2) is 0 Å². The first kappa shape index (κ1) is 9.46. The number of rotatable bonds is 0. The van der Waals surface area contributed by atoms with E-state index in [4.69, 9.17) is 4.74 Å². The van der Waals surface area contributed by atoms with E-state index in [2.05, 4.69) is 21.2 Å². The summed E-state index contributed by atoms with van der Waals surface area (Å²) in [6.45, 7) is 2.60. The second-order valence-electron chi connectivity index (χ2n) is 1.60. The zero-order chi connectivity index (χ0) is 5.82. The van der Waals surface area contributed by atoms with Crippen molar-refractivity contribution in [2.75, 3.05) is 19.7 Å². The van der Waals surface area contributed by atoms with Crippen LogP contribution in [0.15, 0.2) is 10.7 Å². The normalized spacial score (nSPS) is 22.6. The minimum absolute atomic E-state index is 0. The van der Waals surface area contributed by atoms with Crippen molar-refractivity contribution in [3.05, 3.63) is 10.7 Å². The fourth-order valence-electron chi connectivity index (χ4n) is 0.587. The molecule has 0 aromatic heterocycles. The summed E-state index contributed by atoms with van der Waals surface area (Å²) in [5, 5.41) is 3.16. The molecule has 1 N–H and O–H groups in total. The second-order valence-corrected chi connectivity index (χ2v) is 2.06. The van der Waals surface area contributed by atoms with Crippen LogP contribution in [0.25, 0.3) is 0 Å². The van der Waals surface area contributed by atoms with Crippen molar-refractivity contribution >= 4 is 32.9 Å². The molecule has 9 heavy (non-hydrogen) atoms. The Morgan fingerprint density at radius 3 is 2.78 bits per heavy atom. The van der Waals surface area contributed by atoms with E-state index < -0.39 is 0 Å². The molecule has 54 valence electrons. The lowest BCUT2D eigenvalue weighted by Gasteiger charge is -2.15. The Hall–Kier alpha value is 0.460. The standard InChI is InChI=1S/C5H8BrNO.BrH/c6-3-5-4-7-1-2-8-5;/h3,7H,1-2,4H2;1H. The summed E-state index contributed by atoms with van der Waals surface area (Å²) in [6.07, 6.45) is 0. The van der Waals surface area contributed by atoms with Gasteiger partial charge in [0.25, 0.3) is 0 Å². The van der Waals surface area contributed by atoms with E-state index in [1.54, 1.807) is 4.99 Å². The summed E-state index contributed by atoms with van der Waals surface area (Å²) in [6, 6.07) is 0. The Kier molecular flexibility index (Phi) is 5.53. The fourth-order valence-corrected chi connectivity index (χ4v) is 0.881. The topological polar surface area (TPSA) is 21.3 Å². The van der Waals surface area contributed by atoms with Gasteiger partial charge < -0.3 is 10.1 Å². The third-order valence-corrected chi connectivity index (χ3v) is 1.50. The van der Waals surface area contributed by atoms with E-state index in [0.29, 0.717) is 0 Å². The van der Waals surface area contributed by atoms with Gasteiger partial charge in [-0.25, -0.2) is 0 Å². The molecule has 1 rings (SSSR count). The number of ether oxygens (including phenoxy) is 1. The van der Waals surface area contributed by atoms with Gasteiger partial charge in [-0.05, 0) is 0 Å². The Morgan fingerprint density at radius 1 is 1.67 bits per heavy atom. The van der Waals surface area contributed by atoms with Crippen molar-refractivity contribution in [1.82, 2.24) is 5.32 Å². The van der Waals surface area contributed by atoms with Crippen LogP contribution >= 0.6 is 32.9 Å². The Labute approximate surface area is 73.5 Å². The van der Waals surface area contributed by atoms with Gasteiger partial charge in [0.1, 0.15) is 12.4 Å². The highest BCUT2D eigenvalue weighted by Crippen LogP contribution is 2.01. The quantitative estimate of drug-likeness (QED) is 0.710. The Morgan fingerprint density at radius 2 is 2.44 bits per heavy atom. The molecule has 0 amide bonds. The summed E-state index contributed by atoms with van der Waals surface area (Å²) >= 11 is 3.18. The zero-order valence-corrected chi connectivity index (χ0v) is 8.19. The third kappa shape index (κ3) is 3.23. The molecule has 0 spiro atoms. The van der Waals surface area contributed by atoms with Gasteiger partial charge in [0.2, 0.25) is 0 Å². The predicted octanol–water partition coefficient (Wildman–Crippen LogP) is 1.42. The molecule has 4 heteroatoms. The van der Waals surface area contributed by atoms with E-state index in [0.717, 1.165) is 25.5 Å². The summed E-state index contributed by atoms with van der Waals surface area (Å²) in [5.74, 6) is 0.983. The molecule has 0 aromatic carbocycles. The first-order chi connectivity index (χ1) is 3.93. The van der Waals surface area contributed by atoms with Crippen LogP contribution in [0.1, 0.15) is 0 Å². The molecule has 1 saturated heterocycles. The van der Waals surface area contributed by atoms with Crippen molar-refractivity contribution in [2.24, 2.45) is 0 Å². The van der Waals surface area contributed by atoms with Gasteiger partial charge in [-0.1, -0.05) is 15.9 Å². The van der Waals surface area contributed by atoms with Gasteiger partial charge in [0.05, 0.1) is 6.54 Å². The van der Waals surface area contributed by atoms with E-state index in [9.17, 15) is 0 Å². The lowest BCUT2D eigenvalue weighted by atomic mass is 10.5. The highest BCUT2D eigenvalue weighted by atomic mass is 79.9. The number of morpholine rings is 1. The maximum Gasteiger partial charge on any atom is 0.117 e. The minimum Gasteiger partial charge on any atom is -0.495 e. The Bertz CT molecular complexity index is 97.1. The van der Waals surface area contributed by atoms with Crippen molar-refractivity contribution in [2.45, 2.75) is 0 Å². The van der Waals surface area contributed by atoms with Gasteiger partial charge in [-0.2, -0.15) is 0 Å². The molecule has 0 radical (unpaired) electrons. The van der Waals surface area contributed by atoms with Crippen LogP contribution in [0.4, 0.5) is 0 Å². The fraction of sp³-hybridized carbons (Fsp3) is 0.600. The molecule has 0 aromatic rings. The average Bonchev–Trinajstić information content (AvgIpc) is 1.90. The molecule has 2 nitrogen and oxygen atoms in total. The number of hydrogen-bond acceptors (Lipinski definition) is 2. The van der Waals surface area contributed by atoms with Crippen molar-refractivity contribution in [3.8, 4) is 0 Å². The molecule has 0 unspecified atom stereocenters. The highest BCUT2D eigenvalue weighted by molar-refractivity contribution is 9.11. The summed E-state index contributed by atoms with van der Waals surface area (Å²) < 4.78 is 5.18. The average molecular weight is 259 g/mol. The Balaban J connectivity index is 0.000000640. The van der Waals surface area contributed by atoms with Crippen molar-refractivity contribution < 1.29 is 4.74 Å². The summed E-state index contributed by atoms with van der Waals surface area (Å²) in [4.78, 5) is 1.80. The molecular weight excluding hydrogens is 250 g/mol. The van der Waals surface area contributed by atoms with Crippen LogP contribution in [-0.4, -0.2) is 19.7 Å². The monoisotopic (exact) mass is 257 g/mol. The van der Waals surface area contributed by atoms with E-state index >= 15 is 0 Å². The van der Waals surface area contributed by atoms with Gasteiger partial charge in [-0.15, -0.1) is 17.0 Å². The predicted molar refractivity (Wildman–Crippen MR) is 46.2 cm³/mol. The SMILES string of the molecule is Br.BrC=C1CNCCO1. The van der Waals surface area contributed by atoms with Crippen LogP contribution in [0.5, 0.6) is 0 Å². The van der Waals surface area contributed by atoms with Gasteiger partial charge >= 0.3 is 0 Å². The maximum absolute atomic E-state index is 5.18. The third-order valence-electron chi connectivity index (χ3n) is 0.987. The van der Waals surface area contributed by atoms with Crippen LogP contribution in [0.2, 0.25) is 0 Å². The maximum atomic E-state index is 5.18. The number of halogens is 2. The second kappa shape index (κ2) is 5.26. The molecular formula is C5H9Br2NO. The minimum atomic E-state index is 0.